The number of carbonyl (C=O) groups is 1. The summed E-state index contributed by atoms with van der Waals surface area (Å²) in [5.74, 6) is -0.142. The number of hydrogen-bond donors (Lipinski definition) is 1. The first kappa shape index (κ1) is 9.58. The van der Waals surface area contributed by atoms with Crippen molar-refractivity contribution in [1.29, 1.82) is 0 Å². The van der Waals surface area contributed by atoms with Crippen molar-refractivity contribution in [1.82, 2.24) is 10.2 Å². The van der Waals surface area contributed by atoms with Gasteiger partial charge in [0.1, 0.15) is 6.26 Å². The molecule has 0 spiro atoms. The minimum Gasteiger partial charge on any atom is -0.458 e. The Morgan fingerprint density at radius 1 is 1.40 bits per heavy atom. The van der Waals surface area contributed by atoms with Crippen LogP contribution in [0, 0.1) is 0 Å². The van der Waals surface area contributed by atoms with Crippen molar-refractivity contribution < 1.29 is 9.53 Å². The second kappa shape index (κ2) is 4.04. The molecule has 4 heteroatoms. The maximum absolute atomic E-state index is 11.7. The van der Waals surface area contributed by atoms with Crippen LogP contribution in [0.3, 0.4) is 0 Å². The monoisotopic (exact) mass is 204 g/mol. The number of amides is 1. The molecule has 1 aliphatic rings. The molecule has 0 bridgehead atoms. The standard InChI is InChI=1S/C11H12N2O2/c1-13-7-8-15-11(13)12-10(14)9-5-3-2-4-6-9/h2-8,11H,1H3,(H,12,14). The molecule has 1 aliphatic heterocycles. The van der Waals surface area contributed by atoms with E-state index in [-0.39, 0.29) is 5.91 Å². The second-order valence-corrected chi connectivity index (χ2v) is 3.28. The zero-order valence-electron chi connectivity index (χ0n) is 8.38. The maximum atomic E-state index is 11.7. The minimum absolute atomic E-state index is 0.142. The lowest BCUT2D eigenvalue weighted by molar-refractivity contribution is 0.0366. The smallest absolute Gasteiger partial charge is 0.255 e. The van der Waals surface area contributed by atoms with E-state index in [1.54, 1.807) is 29.5 Å². The minimum atomic E-state index is -0.405. The van der Waals surface area contributed by atoms with E-state index >= 15 is 0 Å². The predicted octanol–water partition coefficient (Wildman–Crippen LogP) is 1.13. The third kappa shape index (κ3) is 2.10. The Kier molecular flexibility index (Phi) is 2.58. The summed E-state index contributed by atoms with van der Waals surface area (Å²) in [6, 6.07) is 9.05. The fourth-order valence-electron chi connectivity index (χ4n) is 1.30. The molecule has 0 radical (unpaired) electrons. The van der Waals surface area contributed by atoms with Gasteiger partial charge in [-0.05, 0) is 12.1 Å². The van der Waals surface area contributed by atoms with Crippen LogP contribution in [0.2, 0.25) is 0 Å². The van der Waals surface area contributed by atoms with Gasteiger partial charge >= 0.3 is 0 Å². The topological polar surface area (TPSA) is 41.6 Å². The zero-order valence-corrected chi connectivity index (χ0v) is 8.38. The summed E-state index contributed by atoms with van der Waals surface area (Å²) in [7, 11) is 1.83. The summed E-state index contributed by atoms with van der Waals surface area (Å²) in [4.78, 5) is 13.5. The largest absolute Gasteiger partial charge is 0.458 e. The van der Waals surface area contributed by atoms with Crippen LogP contribution in [0.5, 0.6) is 0 Å². The maximum Gasteiger partial charge on any atom is 0.255 e. The first-order valence-corrected chi connectivity index (χ1v) is 4.67. The van der Waals surface area contributed by atoms with E-state index in [1.807, 2.05) is 25.2 Å². The summed E-state index contributed by atoms with van der Waals surface area (Å²) in [5, 5.41) is 2.75. The van der Waals surface area contributed by atoms with E-state index in [4.69, 9.17) is 4.74 Å². The highest BCUT2D eigenvalue weighted by Gasteiger charge is 2.19. The molecule has 1 aromatic rings. The van der Waals surface area contributed by atoms with Gasteiger partial charge in [0.05, 0.1) is 0 Å². The molecule has 1 aromatic carbocycles. The van der Waals surface area contributed by atoms with Gasteiger partial charge in [0.25, 0.3) is 12.3 Å². The molecule has 1 atom stereocenters. The van der Waals surface area contributed by atoms with Crippen molar-refractivity contribution in [3.8, 4) is 0 Å². The van der Waals surface area contributed by atoms with Crippen LogP contribution in [0.15, 0.2) is 42.8 Å². The van der Waals surface area contributed by atoms with Crippen molar-refractivity contribution in [3.05, 3.63) is 48.4 Å². The van der Waals surface area contributed by atoms with Gasteiger partial charge in [0, 0.05) is 18.8 Å². The molecule has 2 rings (SSSR count). The van der Waals surface area contributed by atoms with Gasteiger partial charge in [0.2, 0.25) is 0 Å². The third-order valence-electron chi connectivity index (χ3n) is 2.16. The quantitative estimate of drug-likeness (QED) is 0.785. The average Bonchev–Trinajstić information content (AvgIpc) is 2.66. The van der Waals surface area contributed by atoms with Crippen molar-refractivity contribution in [2.45, 2.75) is 6.35 Å². The Labute approximate surface area is 88.1 Å². The van der Waals surface area contributed by atoms with E-state index in [0.717, 1.165) is 0 Å². The van der Waals surface area contributed by atoms with Gasteiger partial charge in [-0.15, -0.1) is 0 Å². The van der Waals surface area contributed by atoms with Crippen LogP contribution >= 0.6 is 0 Å². The molecule has 0 aliphatic carbocycles. The second-order valence-electron chi connectivity index (χ2n) is 3.28. The summed E-state index contributed by atoms with van der Waals surface area (Å²) in [5.41, 5.74) is 0.626. The highest BCUT2D eigenvalue weighted by molar-refractivity contribution is 5.94. The number of rotatable bonds is 2. The lowest BCUT2D eigenvalue weighted by Crippen LogP contribution is -2.42. The molecule has 0 fully saturated rings. The van der Waals surface area contributed by atoms with Crippen molar-refractivity contribution >= 4 is 5.91 Å². The summed E-state index contributed by atoms with van der Waals surface area (Å²) in [6.45, 7) is 0. The molecule has 1 heterocycles. The third-order valence-corrected chi connectivity index (χ3v) is 2.16. The molecule has 4 nitrogen and oxygen atoms in total. The molecular weight excluding hydrogens is 192 g/mol. The van der Waals surface area contributed by atoms with Gasteiger partial charge in [0.15, 0.2) is 0 Å². The van der Waals surface area contributed by atoms with Crippen molar-refractivity contribution in [2.24, 2.45) is 0 Å². The van der Waals surface area contributed by atoms with Gasteiger partial charge in [-0.3, -0.25) is 10.1 Å². The van der Waals surface area contributed by atoms with Crippen LogP contribution in [0.4, 0.5) is 0 Å². The van der Waals surface area contributed by atoms with Crippen LogP contribution in [-0.2, 0) is 4.74 Å². The molecule has 0 saturated heterocycles. The lowest BCUT2D eigenvalue weighted by Gasteiger charge is -2.20. The first-order valence-electron chi connectivity index (χ1n) is 4.67. The van der Waals surface area contributed by atoms with E-state index in [9.17, 15) is 4.79 Å². The van der Waals surface area contributed by atoms with Crippen molar-refractivity contribution in [3.63, 3.8) is 0 Å². The molecule has 15 heavy (non-hydrogen) atoms. The van der Waals surface area contributed by atoms with E-state index in [2.05, 4.69) is 5.32 Å². The van der Waals surface area contributed by atoms with Crippen LogP contribution in [-0.4, -0.2) is 24.2 Å². The van der Waals surface area contributed by atoms with Gasteiger partial charge in [-0.1, -0.05) is 18.2 Å². The van der Waals surface area contributed by atoms with Crippen LogP contribution in [0.25, 0.3) is 0 Å². The Morgan fingerprint density at radius 2 is 2.13 bits per heavy atom. The fraction of sp³-hybridized carbons (Fsp3) is 0.182. The molecule has 1 amide bonds. The number of nitrogens with one attached hydrogen (secondary N) is 1. The van der Waals surface area contributed by atoms with E-state index in [1.165, 1.54) is 0 Å². The van der Waals surface area contributed by atoms with E-state index < -0.39 is 6.35 Å². The average molecular weight is 204 g/mol. The number of benzene rings is 1. The number of nitrogens with zero attached hydrogens (tertiary/aromatic N) is 1. The Morgan fingerprint density at radius 3 is 2.73 bits per heavy atom. The van der Waals surface area contributed by atoms with Crippen LogP contribution in [0.1, 0.15) is 10.4 Å². The first-order chi connectivity index (χ1) is 7.27. The van der Waals surface area contributed by atoms with Gasteiger partial charge in [-0.2, -0.15) is 0 Å². The molecule has 78 valence electrons. The summed E-state index contributed by atoms with van der Waals surface area (Å²) in [6.07, 6.45) is 2.91. The van der Waals surface area contributed by atoms with Gasteiger partial charge in [-0.25, -0.2) is 0 Å². The number of ether oxygens (including phenoxy) is 1. The highest BCUT2D eigenvalue weighted by atomic mass is 16.5. The molecule has 0 aromatic heterocycles. The normalized spacial score (nSPS) is 18.7. The Balaban J connectivity index is 1.99. The predicted molar refractivity (Wildman–Crippen MR) is 55.7 cm³/mol. The van der Waals surface area contributed by atoms with Crippen LogP contribution < -0.4 is 5.32 Å². The van der Waals surface area contributed by atoms with Gasteiger partial charge < -0.3 is 9.64 Å². The molecule has 1 unspecified atom stereocenters. The number of hydrogen-bond acceptors (Lipinski definition) is 3. The lowest BCUT2D eigenvalue weighted by atomic mass is 10.2. The van der Waals surface area contributed by atoms with Crippen molar-refractivity contribution in [2.75, 3.05) is 7.05 Å². The SMILES string of the molecule is CN1C=COC1NC(=O)c1ccccc1. The highest BCUT2D eigenvalue weighted by Crippen LogP contribution is 2.06. The van der Waals surface area contributed by atoms with E-state index in [0.29, 0.717) is 5.56 Å². The Hall–Kier alpha value is -1.97. The summed E-state index contributed by atoms with van der Waals surface area (Å²) >= 11 is 0. The molecule has 1 N–H and O–H groups in total. The molecular formula is C11H12N2O2. The number of carbonyl (C=O) groups excluding carboxylic acids is 1. The molecule has 0 saturated carbocycles. The summed E-state index contributed by atoms with van der Waals surface area (Å²) < 4.78 is 5.17. The fourth-order valence-corrected chi connectivity index (χ4v) is 1.30. The zero-order chi connectivity index (χ0) is 10.7. The Bertz CT molecular complexity index is 375.